The molecule has 1 saturated carbocycles. The van der Waals surface area contributed by atoms with E-state index in [-0.39, 0.29) is 5.91 Å². The maximum atomic E-state index is 12.4. The molecule has 0 radical (unpaired) electrons. The van der Waals surface area contributed by atoms with Gasteiger partial charge in [0, 0.05) is 35.9 Å². The van der Waals surface area contributed by atoms with Crippen molar-refractivity contribution in [3.63, 3.8) is 0 Å². The first-order chi connectivity index (χ1) is 12.2. The van der Waals surface area contributed by atoms with Gasteiger partial charge < -0.3 is 14.5 Å². The summed E-state index contributed by atoms with van der Waals surface area (Å²) in [4.78, 5) is 16.3. The van der Waals surface area contributed by atoms with Crippen LogP contribution in [0, 0.1) is 11.3 Å². The van der Waals surface area contributed by atoms with E-state index in [1.165, 1.54) is 19.0 Å². The number of imidazole rings is 1. The summed E-state index contributed by atoms with van der Waals surface area (Å²) in [7, 11) is 1.78. The maximum Gasteiger partial charge on any atom is 0.273 e. The van der Waals surface area contributed by atoms with Gasteiger partial charge in [0.2, 0.25) is 0 Å². The zero-order valence-electron chi connectivity index (χ0n) is 14.1. The molecule has 3 aromatic rings. The topological polar surface area (TPSA) is 75.6 Å². The van der Waals surface area contributed by atoms with Crippen LogP contribution < -0.4 is 5.32 Å². The molecule has 2 heterocycles. The number of fused-ring (bicyclic) bond motifs is 1. The van der Waals surface area contributed by atoms with Crippen LogP contribution >= 0.6 is 0 Å². The number of amides is 1. The zero-order chi connectivity index (χ0) is 17.4. The Balaban J connectivity index is 1.69. The van der Waals surface area contributed by atoms with Crippen molar-refractivity contribution in [3.8, 4) is 6.07 Å². The standard InChI is InChI=1S/C19H19N5O/c1-23-12-21-10-18(23)19(25)22-14-6-7-17-16(8-14)13(9-20)11-24(17)15-4-2-3-5-15/h6-8,10-12,15H,2-5H2,1H3,(H,22,25). The van der Waals surface area contributed by atoms with E-state index in [0.29, 0.717) is 23.0 Å². The van der Waals surface area contributed by atoms with Crippen molar-refractivity contribution in [3.05, 3.63) is 48.2 Å². The molecule has 2 aromatic heterocycles. The lowest BCUT2D eigenvalue weighted by Crippen LogP contribution is -2.15. The Labute approximate surface area is 145 Å². The third kappa shape index (κ3) is 2.68. The van der Waals surface area contributed by atoms with E-state index in [9.17, 15) is 10.1 Å². The van der Waals surface area contributed by atoms with Crippen molar-refractivity contribution in [2.75, 3.05) is 5.32 Å². The van der Waals surface area contributed by atoms with Crippen LogP contribution in [0.25, 0.3) is 10.9 Å². The number of aromatic nitrogens is 3. The quantitative estimate of drug-likeness (QED) is 0.795. The third-order valence-corrected chi connectivity index (χ3v) is 4.98. The highest BCUT2D eigenvalue weighted by molar-refractivity contribution is 6.04. The molecule has 25 heavy (non-hydrogen) atoms. The first kappa shape index (κ1) is 15.5. The summed E-state index contributed by atoms with van der Waals surface area (Å²) in [6.07, 6.45) is 9.88. The summed E-state index contributed by atoms with van der Waals surface area (Å²) >= 11 is 0. The molecule has 0 atom stereocenters. The Morgan fingerprint density at radius 3 is 2.84 bits per heavy atom. The second-order valence-corrected chi connectivity index (χ2v) is 6.58. The van der Waals surface area contributed by atoms with Gasteiger partial charge in [-0.3, -0.25) is 4.79 Å². The van der Waals surface area contributed by atoms with Gasteiger partial charge in [0.25, 0.3) is 5.91 Å². The molecule has 6 nitrogen and oxygen atoms in total. The van der Waals surface area contributed by atoms with Crippen LogP contribution in [0.4, 0.5) is 5.69 Å². The lowest BCUT2D eigenvalue weighted by molar-refractivity contribution is 0.101. The second-order valence-electron chi connectivity index (χ2n) is 6.58. The van der Waals surface area contributed by atoms with Crippen LogP contribution in [0.15, 0.2) is 36.9 Å². The number of benzene rings is 1. The van der Waals surface area contributed by atoms with E-state index >= 15 is 0 Å². The van der Waals surface area contributed by atoms with Gasteiger partial charge in [-0.15, -0.1) is 0 Å². The van der Waals surface area contributed by atoms with Crippen molar-refractivity contribution in [2.24, 2.45) is 7.05 Å². The van der Waals surface area contributed by atoms with Crippen LogP contribution in [0.5, 0.6) is 0 Å². The van der Waals surface area contributed by atoms with Gasteiger partial charge in [-0.05, 0) is 31.0 Å². The van der Waals surface area contributed by atoms with E-state index in [4.69, 9.17) is 0 Å². The van der Waals surface area contributed by atoms with Gasteiger partial charge in [0.05, 0.1) is 18.1 Å². The smallest absolute Gasteiger partial charge is 0.273 e. The highest BCUT2D eigenvalue weighted by Gasteiger charge is 2.20. The molecule has 1 amide bonds. The summed E-state index contributed by atoms with van der Waals surface area (Å²) < 4.78 is 3.90. The fourth-order valence-electron chi connectivity index (χ4n) is 3.68. The van der Waals surface area contributed by atoms with Crippen LogP contribution in [0.2, 0.25) is 0 Å². The van der Waals surface area contributed by atoms with Gasteiger partial charge in [-0.1, -0.05) is 12.8 Å². The number of rotatable bonds is 3. The van der Waals surface area contributed by atoms with Crippen LogP contribution in [-0.2, 0) is 7.05 Å². The molecular weight excluding hydrogens is 314 g/mol. The number of nitriles is 1. The van der Waals surface area contributed by atoms with Crippen molar-refractivity contribution in [1.29, 1.82) is 5.26 Å². The minimum atomic E-state index is -0.215. The molecule has 126 valence electrons. The Hall–Kier alpha value is -3.07. The molecule has 1 aliphatic carbocycles. The molecule has 0 saturated heterocycles. The molecule has 0 spiro atoms. The number of hydrogen-bond donors (Lipinski definition) is 1. The zero-order valence-corrected chi connectivity index (χ0v) is 14.1. The molecule has 4 rings (SSSR count). The minimum Gasteiger partial charge on any atom is -0.343 e. The molecular formula is C19H19N5O. The van der Waals surface area contributed by atoms with E-state index in [1.54, 1.807) is 17.9 Å². The molecule has 1 N–H and O–H groups in total. The monoisotopic (exact) mass is 333 g/mol. The van der Waals surface area contributed by atoms with Gasteiger partial charge in [0.1, 0.15) is 11.8 Å². The van der Waals surface area contributed by atoms with E-state index < -0.39 is 0 Å². The fourth-order valence-corrected chi connectivity index (χ4v) is 3.68. The molecule has 1 fully saturated rings. The SMILES string of the molecule is Cn1cncc1C(=O)Nc1ccc2c(c1)c(C#N)cn2C1CCCC1. The molecule has 6 heteroatoms. The number of nitrogens with zero attached hydrogens (tertiary/aromatic N) is 4. The fraction of sp³-hybridized carbons (Fsp3) is 0.316. The number of carbonyl (C=O) groups excluding carboxylic acids is 1. The lowest BCUT2D eigenvalue weighted by atomic mass is 10.1. The third-order valence-electron chi connectivity index (χ3n) is 4.98. The predicted molar refractivity (Wildman–Crippen MR) is 95.3 cm³/mol. The number of anilines is 1. The van der Waals surface area contributed by atoms with Crippen molar-refractivity contribution >= 4 is 22.5 Å². The largest absolute Gasteiger partial charge is 0.343 e. The Bertz CT molecular complexity index is 985. The lowest BCUT2D eigenvalue weighted by Gasteiger charge is -2.13. The Kier molecular flexibility index (Phi) is 3.77. The first-order valence-electron chi connectivity index (χ1n) is 8.50. The van der Waals surface area contributed by atoms with Gasteiger partial charge in [-0.25, -0.2) is 4.98 Å². The van der Waals surface area contributed by atoms with Gasteiger partial charge in [-0.2, -0.15) is 5.26 Å². The summed E-state index contributed by atoms with van der Waals surface area (Å²) in [6, 6.07) is 8.52. The van der Waals surface area contributed by atoms with E-state index in [2.05, 4.69) is 20.9 Å². The molecule has 0 unspecified atom stereocenters. The highest BCUT2D eigenvalue weighted by atomic mass is 16.2. The van der Waals surface area contributed by atoms with Gasteiger partial charge in [0.15, 0.2) is 0 Å². The average Bonchev–Trinajstić information content (AvgIpc) is 3.33. The van der Waals surface area contributed by atoms with E-state index in [1.807, 2.05) is 24.4 Å². The Morgan fingerprint density at radius 1 is 1.36 bits per heavy atom. The minimum absolute atomic E-state index is 0.215. The van der Waals surface area contributed by atoms with Crippen LogP contribution in [0.1, 0.15) is 47.8 Å². The van der Waals surface area contributed by atoms with Crippen LogP contribution in [0.3, 0.4) is 0 Å². The molecule has 1 aliphatic rings. The van der Waals surface area contributed by atoms with Crippen molar-refractivity contribution in [1.82, 2.24) is 14.1 Å². The summed E-state index contributed by atoms with van der Waals surface area (Å²) in [5, 5.41) is 13.3. The molecule has 0 bridgehead atoms. The summed E-state index contributed by atoms with van der Waals surface area (Å²) in [5.74, 6) is -0.215. The predicted octanol–water partition coefficient (Wildman–Crippen LogP) is 3.61. The van der Waals surface area contributed by atoms with Crippen LogP contribution in [-0.4, -0.2) is 20.0 Å². The molecule has 0 aliphatic heterocycles. The maximum absolute atomic E-state index is 12.4. The highest BCUT2D eigenvalue weighted by Crippen LogP contribution is 2.35. The van der Waals surface area contributed by atoms with Crippen molar-refractivity contribution < 1.29 is 4.79 Å². The second kappa shape index (κ2) is 6.10. The summed E-state index contributed by atoms with van der Waals surface area (Å²) in [5.41, 5.74) is 2.88. The number of nitrogens with one attached hydrogen (secondary N) is 1. The average molecular weight is 333 g/mol. The summed E-state index contributed by atoms with van der Waals surface area (Å²) in [6.45, 7) is 0. The molecule has 1 aromatic carbocycles. The number of carbonyl (C=O) groups is 1. The first-order valence-corrected chi connectivity index (χ1v) is 8.50. The Morgan fingerprint density at radius 2 is 2.16 bits per heavy atom. The van der Waals surface area contributed by atoms with E-state index in [0.717, 1.165) is 23.7 Å². The van der Waals surface area contributed by atoms with Crippen molar-refractivity contribution in [2.45, 2.75) is 31.7 Å². The normalized spacial score (nSPS) is 14.7. The van der Waals surface area contributed by atoms with Gasteiger partial charge >= 0.3 is 0 Å². The number of hydrogen-bond acceptors (Lipinski definition) is 3. The number of aryl methyl sites for hydroxylation is 1.